The zero-order valence-electron chi connectivity index (χ0n) is 21.1. The number of urea groups is 1. The van der Waals surface area contributed by atoms with Crippen molar-refractivity contribution in [2.45, 2.75) is 34.3 Å². The van der Waals surface area contributed by atoms with E-state index < -0.39 is 17.8 Å². The summed E-state index contributed by atoms with van der Waals surface area (Å²) >= 11 is 3.54. The minimum atomic E-state index is -0.782. The van der Waals surface area contributed by atoms with E-state index in [4.69, 9.17) is 9.47 Å². The molecule has 0 unspecified atom stereocenters. The molecule has 1 saturated heterocycles. The minimum absolute atomic E-state index is 0.164. The maximum atomic E-state index is 13.3. The van der Waals surface area contributed by atoms with Crippen molar-refractivity contribution in [2.24, 2.45) is 0 Å². The van der Waals surface area contributed by atoms with Gasteiger partial charge >= 0.3 is 6.03 Å². The third kappa shape index (κ3) is 5.75. The van der Waals surface area contributed by atoms with Gasteiger partial charge in [-0.1, -0.05) is 47.5 Å². The molecule has 1 fully saturated rings. The van der Waals surface area contributed by atoms with Gasteiger partial charge in [-0.2, -0.15) is 0 Å². The average molecular weight is 563 g/mol. The van der Waals surface area contributed by atoms with Crippen LogP contribution in [0.5, 0.6) is 11.5 Å². The largest absolute Gasteiger partial charge is 0.490 e. The van der Waals surface area contributed by atoms with Gasteiger partial charge < -0.3 is 9.47 Å². The Morgan fingerprint density at radius 1 is 0.946 bits per heavy atom. The molecule has 1 N–H and O–H groups in total. The van der Waals surface area contributed by atoms with Gasteiger partial charge in [0.15, 0.2) is 11.5 Å². The van der Waals surface area contributed by atoms with E-state index in [1.807, 2.05) is 64.1 Å². The molecule has 0 aliphatic carbocycles. The highest BCUT2D eigenvalue weighted by Gasteiger charge is 2.37. The van der Waals surface area contributed by atoms with Gasteiger partial charge in [-0.25, -0.2) is 9.69 Å². The molecule has 37 heavy (non-hydrogen) atoms. The Morgan fingerprint density at radius 3 is 2.41 bits per heavy atom. The lowest BCUT2D eigenvalue weighted by Gasteiger charge is -2.27. The summed E-state index contributed by atoms with van der Waals surface area (Å²) in [7, 11) is 0. The third-order valence-corrected chi connectivity index (χ3v) is 6.39. The van der Waals surface area contributed by atoms with Gasteiger partial charge in [0.2, 0.25) is 0 Å². The Bertz CT molecular complexity index is 1430. The van der Waals surface area contributed by atoms with E-state index in [2.05, 4.69) is 21.2 Å². The van der Waals surface area contributed by atoms with Gasteiger partial charge in [-0.15, -0.1) is 0 Å². The second-order valence-corrected chi connectivity index (χ2v) is 9.64. The summed E-state index contributed by atoms with van der Waals surface area (Å²) < 4.78 is 12.5. The number of imide groups is 2. The van der Waals surface area contributed by atoms with Crippen LogP contribution in [-0.2, 0) is 16.2 Å². The van der Waals surface area contributed by atoms with E-state index in [-0.39, 0.29) is 5.57 Å². The van der Waals surface area contributed by atoms with Crippen molar-refractivity contribution < 1.29 is 23.9 Å². The highest BCUT2D eigenvalue weighted by atomic mass is 79.9. The van der Waals surface area contributed by atoms with Crippen molar-refractivity contribution in [3.8, 4) is 11.5 Å². The number of benzene rings is 3. The molecule has 0 aromatic heterocycles. The number of aryl methyl sites for hydroxylation is 3. The van der Waals surface area contributed by atoms with Crippen LogP contribution in [0.25, 0.3) is 6.08 Å². The molecule has 4 rings (SSSR count). The predicted molar refractivity (Wildman–Crippen MR) is 146 cm³/mol. The molecule has 190 valence electrons. The van der Waals surface area contributed by atoms with E-state index in [1.165, 1.54) is 6.08 Å². The molecule has 7 nitrogen and oxygen atoms in total. The summed E-state index contributed by atoms with van der Waals surface area (Å²) in [6, 6.07) is 16.0. The lowest BCUT2D eigenvalue weighted by atomic mass is 10.0. The quantitative estimate of drug-likeness (QED) is 0.281. The van der Waals surface area contributed by atoms with Crippen LogP contribution in [-0.4, -0.2) is 24.5 Å². The topological polar surface area (TPSA) is 84.9 Å². The van der Waals surface area contributed by atoms with E-state index >= 15 is 0 Å². The summed E-state index contributed by atoms with van der Waals surface area (Å²) in [4.78, 5) is 39.6. The number of nitrogens with zero attached hydrogens (tertiary/aromatic N) is 1. The zero-order chi connectivity index (χ0) is 26.7. The molecule has 8 heteroatoms. The lowest BCUT2D eigenvalue weighted by molar-refractivity contribution is -0.122. The van der Waals surface area contributed by atoms with Crippen molar-refractivity contribution in [1.82, 2.24) is 5.32 Å². The highest BCUT2D eigenvalue weighted by molar-refractivity contribution is 9.10. The summed E-state index contributed by atoms with van der Waals surface area (Å²) in [6.45, 7) is 8.34. The van der Waals surface area contributed by atoms with E-state index in [9.17, 15) is 14.4 Å². The van der Waals surface area contributed by atoms with Crippen molar-refractivity contribution in [3.63, 3.8) is 0 Å². The molecule has 1 aliphatic heterocycles. The Kier molecular flexibility index (Phi) is 7.78. The van der Waals surface area contributed by atoms with Crippen LogP contribution in [0.3, 0.4) is 0 Å². The van der Waals surface area contributed by atoms with Gasteiger partial charge in [0.1, 0.15) is 12.2 Å². The summed E-state index contributed by atoms with van der Waals surface area (Å²) in [5.74, 6) is -0.487. The van der Waals surface area contributed by atoms with Crippen molar-refractivity contribution in [1.29, 1.82) is 0 Å². The number of carbonyl (C=O) groups excluding carboxylic acids is 3. The predicted octanol–water partition coefficient (Wildman–Crippen LogP) is 6.02. The number of amides is 4. The first kappa shape index (κ1) is 26.2. The van der Waals surface area contributed by atoms with Crippen LogP contribution in [0.2, 0.25) is 0 Å². The second kappa shape index (κ2) is 11.0. The SMILES string of the molecule is CCOc1cc(/C=C2\C(=O)NC(=O)N(c3ccc(C)cc3C)C2=O)cc(Br)c1OCc1cccc(C)c1. The van der Waals surface area contributed by atoms with E-state index in [0.29, 0.717) is 40.4 Å². The smallest absolute Gasteiger partial charge is 0.335 e. The van der Waals surface area contributed by atoms with Crippen LogP contribution in [0.1, 0.15) is 34.7 Å². The fourth-order valence-corrected chi connectivity index (χ4v) is 4.71. The van der Waals surface area contributed by atoms with Crippen LogP contribution < -0.4 is 19.7 Å². The number of hydrogen-bond acceptors (Lipinski definition) is 5. The number of barbiturate groups is 1. The third-order valence-electron chi connectivity index (χ3n) is 5.80. The first-order valence-corrected chi connectivity index (χ1v) is 12.6. The molecule has 0 bridgehead atoms. The van der Waals surface area contributed by atoms with Crippen molar-refractivity contribution in [2.75, 3.05) is 11.5 Å². The van der Waals surface area contributed by atoms with E-state index in [0.717, 1.165) is 27.2 Å². The molecule has 0 atom stereocenters. The number of rotatable bonds is 7. The highest BCUT2D eigenvalue weighted by Crippen LogP contribution is 2.38. The van der Waals surface area contributed by atoms with Crippen LogP contribution in [0.15, 0.2) is 64.6 Å². The molecule has 3 aromatic carbocycles. The van der Waals surface area contributed by atoms with Gasteiger partial charge in [-0.05, 0) is 84.6 Å². The average Bonchev–Trinajstić information content (AvgIpc) is 2.83. The molecule has 0 saturated carbocycles. The molecular weight excluding hydrogens is 536 g/mol. The molecular formula is C29H27BrN2O5. The summed E-state index contributed by atoms with van der Waals surface area (Å²) in [5, 5.41) is 2.27. The number of ether oxygens (including phenoxy) is 2. The molecule has 4 amide bonds. The normalized spacial score (nSPS) is 14.7. The van der Waals surface area contributed by atoms with Gasteiger partial charge in [-0.3, -0.25) is 14.9 Å². The summed E-state index contributed by atoms with van der Waals surface area (Å²) in [6.07, 6.45) is 1.44. The number of carbonyl (C=O) groups is 3. The Balaban J connectivity index is 1.67. The molecule has 0 radical (unpaired) electrons. The maximum Gasteiger partial charge on any atom is 0.335 e. The fourth-order valence-electron chi connectivity index (χ4n) is 4.13. The van der Waals surface area contributed by atoms with Gasteiger partial charge in [0.05, 0.1) is 16.8 Å². The second-order valence-electron chi connectivity index (χ2n) is 8.79. The van der Waals surface area contributed by atoms with E-state index in [1.54, 1.807) is 18.2 Å². The van der Waals surface area contributed by atoms with Gasteiger partial charge in [0.25, 0.3) is 11.8 Å². The molecule has 3 aromatic rings. The van der Waals surface area contributed by atoms with Crippen LogP contribution in [0, 0.1) is 20.8 Å². The Morgan fingerprint density at radius 2 is 1.70 bits per heavy atom. The molecule has 1 heterocycles. The van der Waals surface area contributed by atoms with Gasteiger partial charge in [0, 0.05) is 0 Å². The first-order chi connectivity index (χ1) is 17.7. The molecule has 0 spiro atoms. The Hall–Kier alpha value is -3.91. The number of hydrogen-bond donors (Lipinski definition) is 1. The number of anilines is 1. The monoisotopic (exact) mass is 562 g/mol. The van der Waals surface area contributed by atoms with Crippen molar-refractivity contribution in [3.05, 3.63) is 92.5 Å². The van der Waals surface area contributed by atoms with Crippen LogP contribution >= 0.6 is 15.9 Å². The standard InChI is InChI=1S/C29H27BrN2O5/c1-5-36-25-15-21(14-23(30)26(25)37-16-20-8-6-7-17(2)12-20)13-22-27(33)31-29(35)32(28(22)34)24-10-9-18(3)11-19(24)4/h6-15H,5,16H2,1-4H3,(H,31,33,35)/b22-13+. The van der Waals surface area contributed by atoms with Crippen LogP contribution in [0.4, 0.5) is 10.5 Å². The maximum absolute atomic E-state index is 13.3. The lowest BCUT2D eigenvalue weighted by Crippen LogP contribution is -2.54. The summed E-state index contributed by atoms with van der Waals surface area (Å²) in [5.41, 5.74) is 4.68. The van der Waals surface area contributed by atoms with Crippen molar-refractivity contribution >= 4 is 45.5 Å². The molecule has 1 aliphatic rings. The fraction of sp³-hybridized carbons (Fsp3) is 0.207. The number of halogens is 1. The first-order valence-electron chi connectivity index (χ1n) is 11.8. The number of nitrogens with one attached hydrogen (secondary N) is 1. The zero-order valence-corrected chi connectivity index (χ0v) is 22.6. The Labute approximate surface area is 224 Å². The minimum Gasteiger partial charge on any atom is -0.490 e.